The van der Waals surface area contributed by atoms with Crippen molar-refractivity contribution >= 4 is 17.7 Å². The number of aromatic hydroxyl groups is 1. The highest BCUT2D eigenvalue weighted by Crippen LogP contribution is 2.29. The van der Waals surface area contributed by atoms with Crippen LogP contribution < -0.4 is 0 Å². The van der Waals surface area contributed by atoms with Gasteiger partial charge in [0, 0.05) is 39.1 Å². The summed E-state index contributed by atoms with van der Waals surface area (Å²) < 4.78 is 0. The largest absolute Gasteiger partial charge is 0.507 e. The maximum atomic E-state index is 13.2. The molecular formula is C25H29N3O4. The predicted octanol–water partition coefficient (Wildman–Crippen LogP) is 2.68. The average molecular weight is 436 g/mol. The van der Waals surface area contributed by atoms with E-state index in [1.807, 2.05) is 37.3 Å². The lowest BCUT2D eigenvalue weighted by Gasteiger charge is -2.27. The molecule has 32 heavy (non-hydrogen) atoms. The fraction of sp³-hybridized carbons (Fsp3) is 0.400. The molecule has 0 saturated carbocycles. The molecule has 0 aliphatic carbocycles. The molecule has 2 aromatic carbocycles. The van der Waals surface area contributed by atoms with E-state index in [4.69, 9.17) is 0 Å². The first-order valence-electron chi connectivity index (χ1n) is 11.2. The minimum Gasteiger partial charge on any atom is -0.507 e. The topological polar surface area (TPSA) is 81.2 Å². The maximum Gasteiger partial charge on any atom is 0.257 e. The van der Waals surface area contributed by atoms with Gasteiger partial charge in [-0.1, -0.05) is 42.5 Å². The van der Waals surface area contributed by atoms with E-state index in [2.05, 4.69) is 0 Å². The number of hydrogen-bond donors (Lipinski definition) is 1. The number of benzene rings is 2. The van der Waals surface area contributed by atoms with Crippen molar-refractivity contribution in [2.45, 2.75) is 25.8 Å². The van der Waals surface area contributed by atoms with Crippen LogP contribution in [0.4, 0.5) is 0 Å². The van der Waals surface area contributed by atoms with Gasteiger partial charge in [-0.3, -0.25) is 14.4 Å². The van der Waals surface area contributed by atoms with E-state index in [1.54, 1.807) is 32.9 Å². The summed E-state index contributed by atoms with van der Waals surface area (Å²) in [5.74, 6) is -0.624. The van der Waals surface area contributed by atoms with Gasteiger partial charge in [-0.05, 0) is 31.0 Å². The summed E-state index contributed by atoms with van der Waals surface area (Å²) in [6, 6.07) is 16.3. The molecule has 0 bridgehead atoms. The summed E-state index contributed by atoms with van der Waals surface area (Å²) in [7, 11) is 0. The van der Waals surface area contributed by atoms with E-state index >= 15 is 0 Å². The Morgan fingerprint density at radius 1 is 0.938 bits per heavy atom. The molecule has 0 radical (unpaired) electrons. The summed E-state index contributed by atoms with van der Waals surface area (Å²) >= 11 is 0. The van der Waals surface area contributed by atoms with Gasteiger partial charge in [-0.25, -0.2) is 0 Å². The highest BCUT2D eigenvalue weighted by molar-refractivity contribution is 5.97. The Kier molecular flexibility index (Phi) is 6.44. The summed E-state index contributed by atoms with van der Waals surface area (Å²) in [5, 5.41) is 9.99. The Balaban J connectivity index is 1.37. The number of carbonyl (C=O) groups excluding carboxylic acids is 3. The van der Waals surface area contributed by atoms with Crippen LogP contribution in [0.25, 0.3) is 0 Å². The predicted molar refractivity (Wildman–Crippen MR) is 120 cm³/mol. The van der Waals surface area contributed by atoms with Crippen LogP contribution in [0, 0.1) is 5.92 Å². The van der Waals surface area contributed by atoms with E-state index in [-0.39, 0.29) is 47.4 Å². The molecule has 0 spiro atoms. The lowest BCUT2D eigenvalue weighted by atomic mass is 10.1. The van der Waals surface area contributed by atoms with Crippen molar-refractivity contribution in [3.63, 3.8) is 0 Å². The van der Waals surface area contributed by atoms with E-state index in [9.17, 15) is 19.5 Å². The van der Waals surface area contributed by atoms with Gasteiger partial charge >= 0.3 is 0 Å². The fourth-order valence-corrected chi connectivity index (χ4v) is 4.61. The Labute approximate surface area is 188 Å². The highest BCUT2D eigenvalue weighted by atomic mass is 16.3. The van der Waals surface area contributed by atoms with Gasteiger partial charge < -0.3 is 19.8 Å². The summed E-state index contributed by atoms with van der Waals surface area (Å²) in [5.41, 5.74) is 1.33. The number of phenols is 1. The highest BCUT2D eigenvalue weighted by Gasteiger charge is 2.39. The molecule has 2 saturated heterocycles. The van der Waals surface area contributed by atoms with Gasteiger partial charge in [0.2, 0.25) is 11.8 Å². The van der Waals surface area contributed by atoms with Crippen molar-refractivity contribution in [3.05, 3.63) is 65.7 Å². The van der Waals surface area contributed by atoms with Gasteiger partial charge in [0.05, 0.1) is 17.5 Å². The molecule has 7 nitrogen and oxygen atoms in total. The third kappa shape index (κ3) is 4.47. The second-order valence-electron chi connectivity index (χ2n) is 8.52. The number of carbonyl (C=O) groups is 3. The summed E-state index contributed by atoms with van der Waals surface area (Å²) in [6.07, 6.45) is 0.892. The van der Waals surface area contributed by atoms with Crippen LogP contribution in [-0.4, -0.2) is 70.3 Å². The van der Waals surface area contributed by atoms with Gasteiger partial charge in [-0.15, -0.1) is 0 Å². The van der Waals surface area contributed by atoms with Crippen LogP contribution >= 0.6 is 0 Å². The molecule has 3 amide bonds. The lowest BCUT2D eigenvalue weighted by Crippen LogP contribution is -2.41. The van der Waals surface area contributed by atoms with E-state index < -0.39 is 0 Å². The van der Waals surface area contributed by atoms with Crippen LogP contribution in [0.5, 0.6) is 5.75 Å². The lowest BCUT2D eigenvalue weighted by molar-refractivity contribution is -0.135. The van der Waals surface area contributed by atoms with E-state index in [1.165, 1.54) is 6.07 Å². The van der Waals surface area contributed by atoms with Gasteiger partial charge in [0.15, 0.2) is 0 Å². The molecule has 2 unspecified atom stereocenters. The van der Waals surface area contributed by atoms with Gasteiger partial charge in [-0.2, -0.15) is 0 Å². The molecule has 4 rings (SSSR count). The Bertz CT molecular complexity index is 994. The zero-order valence-electron chi connectivity index (χ0n) is 18.3. The van der Waals surface area contributed by atoms with Gasteiger partial charge in [0.25, 0.3) is 5.91 Å². The number of nitrogens with zero attached hydrogens (tertiary/aromatic N) is 3. The minimum absolute atomic E-state index is 0.00545. The second-order valence-corrected chi connectivity index (χ2v) is 8.52. The minimum atomic E-state index is -0.353. The van der Waals surface area contributed by atoms with Gasteiger partial charge in [0.1, 0.15) is 5.75 Å². The molecule has 2 atom stereocenters. The molecule has 2 aliphatic heterocycles. The van der Waals surface area contributed by atoms with Crippen LogP contribution in [-0.2, 0) is 9.59 Å². The fourth-order valence-electron chi connectivity index (χ4n) is 4.61. The number of rotatable bonds is 4. The van der Waals surface area contributed by atoms with Crippen molar-refractivity contribution in [2.24, 2.45) is 5.92 Å². The number of amides is 3. The third-order valence-electron chi connectivity index (χ3n) is 6.49. The number of likely N-dealkylation sites (tertiary alicyclic amines) is 1. The molecule has 0 aromatic heterocycles. The normalized spacial score (nSPS) is 20.2. The molecule has 2 aliphatic rings. The van der Waals surface area contributed by atoms with Crippen molar-refractivity contribution in [1.82, 2.24) is 14.7 Å². The molecule has 2 heterocycles. The van der Waals surface area contributed by atoms with Crippen LogP contribution in [0.2, 0.25) is 0 Å². The maximum absolute atomic E-state index is 13.2. The van der Waals surface area contributed by atoms with Crippen molar-refractivity contribution in [2.75, 3.05) is 32.7 Å². The molecular weight excluding hydrogens is 406 g/mol. The smallest absolute Gasteiger partial charge is 0.257 e. The Morgan fingerprint density at radius 3 is 2.34 bits per heavy atom. The quantitative estimate of drug-likeness (QED) is 0.801. The summed E-state index contributed by atoms with van der Waals surface area (Å²) in [6.45, 7) is 4.33. The first kappa shape index (κ1) is 21.9. The van der Waals surface area contributed by atoms with Crippen LogP contribution in [0.1, 0.15) is 41.7 Å². The summed E-state index contributed by atoms with van der Waals surface area (Å²) in [4.78, 5) is 44.0. The average Bonchev–Trinajstić information content (AvgIpc) is 3.04. The third-order valence-corrected chi connectivity index (χ3v) is 6.49. The molecule has 7 heteroatoms. The SMILES string of the molecule is CC(c1ccccc1)N1CC(C(=O)N2CCCN(C(=O)c3ccccc3O)CC2)CC1=O. The first-order valence-corrected chi connectivity index (χ1v) is 11.2. The Morgan fingerprint density at radius 2 is 1.59 bits per heavy atom. The van der Waals surface area contributed by atoms with E-state index in [0.29, 0.717) is 39.1 Å². The monoisotopic (exact) mass is 435 g/mol. The zero-order valence-corrected chi connectivity index (χ0v) is 18.3. The molecule has 2 aromatic rings. The number of phenolic OH excluding ortho intramolecular Hbond substituents is 1. The number of para-hydroxylation sites is 1. The zero-order chi connectivity index (χ0) is 22.7. The second kappa shape index (κ2) is 9.42. The van der Waals surface area contributed by atoms with Crippen LogP contribution in [0.15, 0.2) is 54.6 Å². The number of hydrogen-bond acceptors (Lipinski definition) is 4. The molecule has 168 valence electrons. The molecule has 1 N–H and O–H groups in total. The van der Waals surface area contributed by atoms with Crippen molar-refractivity contribution in [1.29, 1.82) is 0 Å². The van der Waals surface area contributed by atoms with Crippen LogP contribution in [0.3, 0.4) is 0 Å². The van der Waals surface area contributed by atoms with E-state index in [0.717, 1.165) is 5.56 Å². The standard InChI is InChI=1S/C25H29N3O4/c1-18(19-8-3-2-4-9-19)28-17-20(16-23(28)30)24(31)26-12-7-13-27(15-14-26)25(32)21-10-5-6-11-22(21)29/h2-6,8-11,18,20,29H,7,12-17H2,1H3. The van der Waals surface area contributed by atoms with Crippen molar-refractivity contribution < 1.29 is 19.5 Å². The Hall–Kier alpha value is -3.35. The molecule has 2 fully saturated rings. The van der Waals surface area contributed by atoms with Crippen molar-refractivity contribution in [3.8, 4) is 5.75 Å². The first-order chi connectivity index (χ1) is 15.5.